The van der Waals surface area contributed by atoms with Crippen LogP contribution in [0.5, 0.6) is 0 Å². The van der Waals surface area contributed by atoms with Gasteiger partial charge >= 0.3 is 5.97 Å². The van der Waals surface area contributed by atoms with Crippen molar-refractivity contribution in [3.63, 3.8) is 0 Å². The van der Waals surface area contributed by atoms with Crippen molar-refractivity contribution in [2.75, 3.05) is 40.0 Å². The molecule has 0 aromatic rings. The van der Waals surface area contributed by atoms with Crippen molar-refractivity contribution in [2.24, 2.45) is 11.3 Å². The molecule has 0 rings (SSSR count). The van der Waals surface area contributed by atoms with Crippen LogP contribution in [0.2, 0.25) is 0 Å². The summed E-state index contributed by atoms with van der Waals surface area (Å²) in [6.45, 7) is 11.5. The van der Waals surface area contributed by atoms with Gasteiger partial charge < -0.3 is 25.2 Å². The number of hydrogen-bond donors (Lipinski definition) is 3. The topological polar surface area (TPSA) is 114 Å². The van der Waals surface area contributed by atoms with Crippen LogP contribution < -0.4 is 10.6 Å². The average molecular weight is 401 g/mol. The lowest BCUT2D eigenvalue weighted by Gasteiger charge is -2.24. The van der Waals surface area contributed by atoms with E-state index in [1.807, 2.05) is 20.8 Å². The molecule has 0 fully saturated rings. The van der Waals surface area contributed by atoms with Crippen LogP contribution in [0.4, 0.5) is 0 Å². The van der Waals surface area contributed by atoms with Crippen molar-refractivity contribution in [1.82, 2.24) is 10.6 Å². The molecule has 1 atom stereocenters. The largest absolute Gasteiger partial charge is 0.478 e. The third-order valence-corrected chi connectivity index (χ3v) is 4.18. The van der Waals surface area contributed by atoms with Crippen LogP contribution in [0.15, 0.2) is 12.2 Å². The molecule has 28 heavy (non-hydrogen) atoms. The van der Waals surface area contributed by atoms with E-state index in [0.717, 1.165) is 0 Å². The van der Waals surface area contributed by atoms with Crippen LogP contribution in [0.3, 0.4) is 0 Å². The van der Waals surface area contributed by atoms with Gasteiger partial charge in [0.05, 0.1) is 19.8 Å². The first kappa shape index (κ1) is 26.1. The summed E-state index contributed by atoms with van der Waals surface area (Å²) in [5.41, 5.74) is -0.221. The Hall–Kier alpha value is -1.93. The number of ether oxygens (including phenoxy) is 2. The Labute approximate surface area is 168 Å². The van der Waals surface area contributed by atoms with Crippen LogP contribution >= 0.6 is 0 Å². The van der Waals surface area contributed by atoms with Gasteiger partial charge in [0, 0.05) is 38.6 Å². The van der Waals surface area contributed by atoms with Crippen molar-refractivity contribution in [3.05, 3.63) is 12.2 Å². The lowest BCUT2D eigenvalue weighted by Crippen LogP contribution is -2.38. The average Bonchev–Trinajstić information content (AvgIpc) is 2.60. The summed E-state index contributed by atoms with van der Waals surface area (Å²) in [6.07, 6.45) is 1.56. The van der Waals surface area contributed by atoms with E-state index in [4.69, 9.17) is 14.6 Å². The summed E-state index contributed by atoms with van der Waals surface area (Å²) in [5.74, 6) is -1.14. The SMILES string of the molecule is C=C(CCC(C)CC(=O)NCC(C)(C)CC(=O)NCCOCCOC)C(=O)O. The number of amides is 2. The van der Waals surface area contributed by atoms with Gasteiger partial charge in [-0.15, -0.1) is 0 Å². The summed E-state index contributed by atoms with van der Waals surface area (Å²) in [6, 6.07) is 0. The maximum atomic E-state index is 12.1. The number of rotatable bonds is 16. The molecule has 0 aliphatic carbocycles. The van der Waals surface area contributed by atoms with E-state index in [2.05, 4.69) is 17.2 Å². The van der Waals surface area contributed by atoms with Gasteiger partial charge in [0.1, 0.15) is 0 Å². The highest BCUT2D eigenvalue weighted by Crippen LogP contribution is 2.19. The highest BCUT2D eigenvalue weighted by atomic mass is 16.5. The fourth-order valence-corrected chi connectivity index (χ4v) is 2.42. The predicted octanol–water partition coefficient (Wildman–Crippen LogP) is 1.75. The predicted molar refractivity (Wildman–Crippen MR) is 107 cm³/mol. The monoisotopic (exact) mass is 400 g/mol. The quantitative estimate of drug-likeness (QED) is 0.269. The van der Waals surface area contributed by atoms with E-state index in [9.17, 15) is 14.4 Å². The van der Waals surface area contributed by atoms with Gasteiger partial charge in [-0.2, -0.15) is 0 Å². The second-order valence-electron chi connectivity index (χ2n) is 7.83. The molecule has 2 amide bonds. The van der Waals surface area contributed by atoms with E-state index in [-0.39, 0.29) is 28.7 Å². The number of hydrogen-bond acceptors (Lipinski definition) is 5. The van der Waals surface area contributed by atoms with Gasteiger partial charge in [-0.3, -0.25) is 9.59 Å². The van der Waals surface area contributed by atoms with Crippen LogP contribution in [0.25, 0.3) is 0 Å². The van der Waals surface area contributed by atoms with E-state index >= 15 is 0 Å². The highest BCUT2D eigenvalue weighted by molar-refractivity contribution is 5.85. The first-order valence-electron chi connectivity index (χ1n) is 9.58. The van der Waals surface area contributed by atoms with E-state index < -0.39 is 5.97 Å². The fraction of sp³-hybridized carbons (Fsp3) is 0.750. The third kappa shape index (κ3) is 14.2. The molecule has 1 unspecified atom stereocenters. The lowest BCUT2D eigenvalue weighted by atomic mass is 9.88. The van der Waals surface area contributed by atoms with Crippen molar-refractivity contribution in [3.8, 4) is 0 Å². The molecule has 0 aromatic heterocycles. The minimum absolute atomic E-state index is 0.0561. The maximum absolute atomic E-state index is 12.1. The molecule has 0 radical (unpaired) electrons. The molecule has 0 saturated heterocycles. The minimum Gasteiger partial charge on any atom is -0.478 e. The Morgan fingerprint density at radius 3 is 2.39 bits per heavy atom. The molecule has 8 nitrogen and oxygen atoms in total. The van der Waals surface area contributed by atoms with Crippen molar-refractivity contribution >= 4 is 17.8 Å². The second kappa shape index (κ2) is 14.1. The molecule has 0 spiro atoms. The summed E-state index contributed by atoms with van der Waals surface area (Å²) >= 11 is 0. The zero-order chi connectivity index (χ0) is 21.6. The number of nitrogens with one attached hydrogen (secondary N) is 2. The Morgan fingerprint density at radius 2 is 1.79 bits per heavy atom. The first-order chi connectivity index (χ1) is 13.1. The van der Waals surface area contributed by atoms with Crippen LogP contribution in [-0.4, -0.2) is 62.9 Å². The van der Waals surface area contributed by atoms with E-state index in [1.165, 1.54) is 0 Å². The number of carboxylic acids is 1. The van der Waals surface area contributed by atoms with Gasteiger partial charge in [-0.25, -0.2) is 4.79 Å². The molecule has 0 bridgehead atoms. The Kier molecular flexibility index (Phi) is 13.1. The number of carbonyl (C=O) groups is 3. The van der Waals surface area contributed by atoms with Crippen LogP contribution in [0.1, 0.15) is 46.5 Å². The first-order valence-corrected chi connectivity index (χ1v) is 9.58. The van der Waals surface area contributed by atoms with Gasteiger partial charge in [0.2, 0.25) is 11.8 Å². The molecular formula is C20H36N2O6. The second-order valence-corrected chi connectivity index (χ2v) is 7.83. The summed E-state index contributed by atoms with van der Waals surface area (Å²) in [7, 11) is 1.60. The molecular weight excluding hydrogens is 364 g/mol. The molecule has 0 aliphatic rings. The summed E-state index contributed by atoms with van der Waals surface area (Å²) in [4.78, 5) is 34.8. The molecule has 3 N–H and O–H groups in total. The molecule has 0 saturated carbocycles. The van der Waals surface area contributed by atoms with Gasteiger partial charge in [-0.05, 0) is 24.2 Å². The lowest BCUT2D eigenvalue weighted by molar-refractivity contribution is -0.132. The Bertz CT molecular complexity index is 519. The molecule has 0 aliphatic heterocycles. The zero-order valence-electron chi connectivity index (χ0n) is 17.6. The molecule has 162 valence electrons. The Morgan fingerprint density at radius 1 is 1.11 bits per heavy atom. The minimum atomic E-state index is -1.00. The van der Waals surface area contributed by atoms with Gasteiger partial charge in [0.25, 0.3) is 0 Å². The number of methoxy groups -OCH3 is 1. The maximum Gasteiger partial charge on any atom is 0.330 e. The smallest absolute Gasteiger partial charge is 0.330 e. The zero-order valence-corrected chi connectivity index (χ0v) is 17.6. The molecule has 8 heteroatoms. The standard InChI is InChI=1S/C20H36N2O6/c1-15(6-7-16(2)19(25)26)12-17(23)22-14-20(3,4)13-18(24)21-8-9-28-11-10-27-5/h15H,2,6-14H2,1,3-5H3,(H,21,24)(H,22,23)(H,25,26). The Balaban J connectivity index is 4.02. The summed E-state index contributed by atoms with van der Waals surface area (Å²) < 4.78 is 10.1. The molecule has 0 heterocycles. The normalized spacial score (nSPS) is 12.3. The number of carboxylic acid groups (broad SMARTS) is 1. The van der Waals surface area contributed by atoms with Crippen LogP contribution in [0, 0.1) is 11.3 Å². The number of aliphatic carboxylic acids is 1. The van der Waals surface area contributed by atoms with Gasteiger partial charge in [0.15, 0.2) is 0 Å². The van der Waals surface area contributed by atoms with Crippen molar-refractivity contribution in [1.29, 1.82) is 0 Å². The highest BCUT2D eigenvalue weighted by Gasteiger charge is 2.23. The van der Waals surface area contributed by atoms with Gasteiger partial charge in [-0.1, -0.05) is 27.4 Å². The van der Waals surface area contributed by atoms with Crippen molar-refractivity contribution in [2.45, 2.75) is 46.5 Å². The van der Waals surface area contributed by atoms with Crippen LogP contribution in [-0.2, 0) is 23.9 Å². The van der Waals surface area contributed by atoms with E-state index in [1.54, 1.807) is 7.11 Å². The van der Waals surface area contributed by atoms with E-state index in [0.29, 0.717) is 58.6 Å². The third-order valence-electron chi connectivity index (χ3n) is 4.18. The summed E-state index contributed by atoms with van der Waals surface area (Å²) in [5, 5.41) is 14.5. The number of carbonyl (C=O) groups excluding carboxylic acids is 2. The van der Waals surface area contributed by atoms with Crippen molar-refractivity contribution < 1.29 is 29.0 Å². The molecule has 0 aromatic carbocycles. The fourth-order valence-electron chi connectivity index (χ4n) is 2.42.